The Hall–Kier alpha value is -6.57. The summed E-state index contributed by atoms with van der Waals surface area (Å²) in [6.45, 7) is 63.4. The SMILES string of the molecule is CC(C)(C)C(c1ccccc1)c1ccc(Cl)cc1.CC(C)(C)Cc1cc(C(C)(C)C)cc(C(C)(C)C)c1.CC(C)(C)Cc1ccc2ccccc2c1.CC(C)(C)Cc1ccccc1CS(=O)(=O)c1ccccc1.CC(C)(C)Cc1ccccc1I.CC(C)(C)c1ccccc1.CCc1ccc(CC(C)(C)C)cc1. The highest BCUT2D eigenvalue weighted by molar-refractivity contribution is 14.1. The van der Waals surface area contributed by atoms with Crippen LogP contribution in [0, 0.1) is 36.1 Å². The molecule has 0 heterocycles. The Morgan fingerprint density at radius 2 is 0.676 bits per heavy atom. The van der Waals surface area contributed by atoms with Crippen LogP contribution in [0.4, 0.5) is 0 Å². The molecule has 0 saturated carbocycles. The summed E-state index contributed by atoms with van der Waals surface area (Å²) in [4.78, 5) is 0.385. The highest BCUT2D eigenvalue weighted by Crippen LogP contribution is 2.41. The monoisotopic (exact) mass is 1600 g/mol. The van der Waals surface area contributed by atoms with Crippen molar-refractivity contribution in [3.05, 3.63) is 324 Å². The van der Waals surface area contributed by atoms with Crippen LogP contribution in [0.25, 0.3) is 10.8 Å². The lowest BCUT2D eigenvalue weighted by Crippen LogP contribution is -2.19. The van der Waals surface area contributed by atoms with E-state index >= 15 is 0 Å². The molecule has 108 heavy (non-hydrogen) atoms. The third-order valence-electron chi connectivity index (χ3n) is 18.0. The van der Waals surface area contributed by atoms with Crippen molar-refractivity contribution in [1.82, 2.24) is 0 Å². The van der Waals surface area contributed by atoms with E-state index in [2.05, 4.69) is 398 Å². The minimum atomic E-state index is -3.29. The van der Waals surface area contributed by atoms with Crippen molar-refractivity contribution < 1.29 is 8.42 Å². The second-order valence-corrected chi connectivity index (χ2v) is 43.4. The number of rotatable bonds is 11. The van der Waals surface area contributed by atoms with E-state index in [1.165, 1.54) is 70.0 Å². The summed E-state index contributed by atoms with van der Waals surface area (Å²) in [5, 5.41) is 3.47. The number of sulfone groups is 1. The fraction of sp³-hybridized carbons (Fsp3) is 0.437. The van der Waals surface area contributed by atoms with E-state index in [4.69, 9.17) is 11.6 Å². The van der Waals surface area contributed by atoms with Gasteiger partial charge in [0.25, 0.3) is 0 Å². The van der Waals surface area contributed by atoms with Crippen molar-refractivity contribution in [3.63, 3.8) is 0 Å². The van der Waals surface area contributed by atoms with Crippen LogP contribution in [-0.4, -0.2) is 8.42 Å². The van der Waals surface area contributed by atoms with Gasteiger partial charge in [0.1, 0.15) is 0 Å². The number of halogens is 2. The largest absolute Gasteiger partial charge is 0.223 e. The number of fused-ring (bicyclic) bond motifs is 1. The molecule has 0 N–H and O–H groups in total. The maximum atomic E-state index is 12.5. The van der Waals surface area contributed by atoms with Crippen molar-refractivity contribution in [2.45, 2.75) is 265 Å². The third kappa shape index (κ3) is 37.0. The highest BCUT2D eigenvalue weighted by Gasteiger charge is 2.28. The van der Waals surface area contributed by atoms with Gasteiger partial charge in [0.15, 0.2) is 9.84 Å². The van der Waals surface area contributed by atoms with Gasteiger partial charge in [-0.1, -0.05) is 424 Å². The van der Waals surface area contributed by atoms with Crippen molar-refractivity contribution in [2.24, 2.45) is 32.5 Å². The minimum absolute atomic E-state index is 0.0588. The number of aryl methyl sites for hydroxylation is 1. The fourth-order valence-corrected chi connectivity index (χ4v) is 14.9. The van der Waals surface area contributed by atoms with Gasteiger partial charge in [0.2, 0.25) is 0 Å². The summed E-state index contributed by atoms with van der Waals surface area (Å²) in [7, 11) is -3.29. The van der Waals surface area contributed by atoms with Gasteiger partial charge < -0.3 is 0 Å². The van der Waals surface area contributed by atoms with Gasteiger partial charge >= 0.3 is 0 Å². The van der Waals surface area contributed by atoms with Crippen LogP contribution in [0.15, 0.2) is 254 Å². The maximum absolute atomic E-state index is 12.5. The summed E-state index contributed by atoms with van der Waals surface area (Å²) in [5.41, 5.74) is 18.8. The average Bonchev–Trinajstić information content (AvgIpc) is 0.822. The van der Waals surface area contributed by atoms with Crippen LogP contribution in [0.2, 0.25) is 5.02 Å². The number of hydrogen-bond donors (Lipinski definition) is 0. The molecule has 0 aliphatic rings. The Balaban J connectivity index is 0.000000269. The molecular weight excluding hydrogens is 1460 g/mol. The van der Waals surface area contributed by atoms with Gasteiger partial charge in [-0.3, -0.25) is 0 Å². The molecule has 0 fully saturated rings. The van der Waals surface area contributed by atoms with E-state index in [-0.39, 0.29) is 27.4 Å². The van der Waals surface area contributed by atoms with E-state index < -0.39 is 9.84 Å². The van der Waals surface area contributed by atoms with E-state index in [9.17, 15) is 8.42 Å². The second-order valence-electron chi connectivity index (χ2n) is 39.8. The van der Waals surface area contributed by atoms with Gasteiger partial charge in [0.05, 0.1) is 10.6 Å². The topological polar surface area (TPSA) is 34.1 Å². The molecule has 0 saturated heterocycles. The molecule has 1 atom stereocenters. The molecule has 0 radical (unpaired) electrons. The van der Waals surface area contributed by atoms with Crippen molar-refractivity contribution in [2.75, 3.05) is 0 Å². The van der Waals surface area contributed by atoms with Gasteiger partial charge in [-0.2, -0.15) is 0 Å². The smallest absolute Gasteiger partial charge is 0.182 e. The molecule has 0 aliphatic carbocycles. The summed E-state index contributed by atoms with van der Waals surface area (Å²) in [5.74, 6) is 0.444. The fourth-order valence-electron chi connectivity index (χ4n) is 12.7. The summed E-state index contributed by atoms with van der Waals surface area (Å²) in [6, 6.07) is 86.0. The normalized spacial score (nSPS) is 12.5. The van der Waals surface area contributed by atoms with Gasteiger partial charge in [-0.05, 0) is 218 Å². The van der Waals surface area contributed by atoms with Crippen molar-refractivity contribution >= 4 is 54.8 Å². The standard InChI is InChI=1S/C19H32.C18H22O2S.C17H19Cl.C15H18.C13H20.C11H15I.C10H14/c1-17(2,3)13-14-10-15(18(4,5)6)12-16(11-14)19(7,8)9;1-18(2,3)13-15-9-7-8-10-16(15)14-21(19,20)17-11-5-4-6-12-17;1-17(2,3)16(13-7-5-4-6-8-13)14-9-11-15(18)12-10-14;1-15(2,3)11-12-8-9-13-6-4-5-7-14(13)10-12;1-5-11-6-8-12(9-7-11)10-13(2,3)4;1-11(2,3)8-9-6-4-5-7-10(9)12;1-10(2,3)9-7-5-4-6-8-9/h10-12H,13H2,1-9H3;4-12H,13-14H2,1-3H3;4-12,16H,1-3H3;4-10H,11H2,1-3H3;6-9H,5,10H2,1-4H3;4-7H,8H2,1-3H3;4-8H,1-3H3. The Bertz CT molecular complexity index is 4320. The summed E-state index contributed by atoms with van der Waals surface area (Å²) in [6.07, 6.45) is 6.60. The Morgan fingerprint density at radius 1 is 0.315 bits per heavy atom. The number of hydrogen-bond acceptors (Lipinski definition) is 2. The molecule has 0 spiro atoms. The van der Waals surface area contributed by atoms with Crippen LogP contribution in [0.1, 0.15) is 267 Å². The highest BCUT2D eigenvalue weighted by atomic mass is 127. The van der Waals surface area contributed by atoms with Gasteiger partial charge in [-0.15, -0.1) is 0 Å². The van der Waals surface area contributed by atoms with E-state index in [0.717, 1.165) is 54.7 Å². The van der Waals surface area contributed by atoms with E-state index in [1.807, 2.05) is 42.5 Å². The predicted octanol–water partition coefficient (Wildman–Crippen LogP) is 30.8. The van der Waals surface area contributed by atoms with E-state index in [1.54, 1.807) is 24.3 Å². The zero-order valence-corrected chi connectivity index (χ0v) is 75.9. The molecule has 10 aromatic rings. The average molecular weight is 1600 g/mol. The first-order chi connectivity index (χ1) is 49.7. The van der Waals surface area contributed by atoms with Crippen LogP contribution >= 0.6 is 34.2 Å². The molecule has 0 aliphatic heterocycles. The first-order valence-corrected chi connectivity index (χ1v) is 42.5. The Kier molecular flexibility index (Phi) is 35.7. The van der Waals surface area contributed by atoms with Crippen LogP contribution in [0.5, 0.6) is 0 Å². The summed E-state index contributed by atoms with van der Waals surface area (Å²) < 4.78 is 26.4. The minimum Gasteiger partial charge on any atom is -0.223 e. The Morgan fingerprint density at radius 3 is 1.11 bits per heavy atom. The first-order valence-electron chi connectivity index (χ1n) is 39.3. The zero-order valence-electron chi connectivity index (χ0n) is 72.2. The third-order valence-corrected chi connectivity index (χ3v) is 21.0. The van der Waals surface area contributed by atoms with Crippen LogP contribution in [0.3, 0.4) is 0 Å². The molecular formula is C103H140ClIO2S. The molecule has 0 amide bonds. The molecule has 2 nitrogen and oxygen atoms in total. The molecule has 1 unspecified atom stereocenters. The quantitative estimate of drug-likeness (QED) is 0.121. The molecule has 584 valence electrons. The maximum Gasteiger partial charge on any atom is 0.182 e. The molecule has 5 heteroatoms. The molecule has 10 rings (SSSR count). The zero-order chi connectivity index (χ0) is 81.3. The van der Waals surface area contributed by atoms with E-state index in [0.29, 0.717) is 37.9 Å². The first kappa shape index (κ1) is 93.8. The lowest BCUT2D eigenvalue weighted by molar-refractivity contribution is 0.358. The number of benzene rings is 10. The molecule has 10 aromatic carbocycles. The lowest BCUT2D eigenvalue weighted by Gasteiger charge is -2.31. The lowest BCUT2D eigenvalue weighted by atomic mass is 9.73. The predicted molar refractivity (Wildman–Crippen MR) is 487 cm³/mol. The Labute approximate surface area is 679 Å². The van der Waals surface area contributed by atoms with Crippen LogP contribution in [-0.2, 0) is 70.4 Å². The van der Waals surface area contributed by atoms with Gasteiger partial charge in [0, 0.05) is 14.5 Å². The second kappa shape index (κ2) is 41.1. The van der Waals surface area contributed by atoms with Crippen molar-refractivity contribution in [3.8, 4) is 0 Å². The summed E-state index contributed by atoms with van der Waals surface area (Å²) >= 11 is 8.38. The molecule has 0 aromatic heterocycles. The van der Waals surface area contributed by atoms with Crippen LogP contribution < -0.4 is 0 Å². The van der Waals surface area contributed by atoms with Gasteiger partial charge in [-0.25, -0.2) is 8.42 Å². The molecule has 0 bridgehead atoms. The van der Waals surface area contributed by atoms with Crippen molar-refractivity contribution in [1.29, 1.82) is 0 Å².